The van der Waals surface area contributed by atoms with Crippen LogP contribution >= 0.6 is 0 Å². The van der Waals surface area contributed by atoms with Gasteiger partial charge in [0.25, 0.3) is 5.91 Å². The fourth-order valence-corrected chi connectivity index (χ4v) is 1.45. The van der Waals surface area contributed by atoms with Gasteiger partial charge in [0.15, 0.2) is 11.6 Å². The van der Waals surface area contributed by atoms with Crippen molar-refractivity contribution in [2.75, 3.05) is 5.32 Å². The van der Waals surface area contributed by atoms with Gasteiger partial charge in [0, 0.05) is 6.07 Å². The van der Waals surface area contributed by atoms with Crippen LogP contribution in [0.4, 0.5) is 5.82 Å². The average molecular weight is 256 g/mol. The molecule has 19 heavy (non-hydrogen) atoms. The van der Waals surface area contributed by atoms with Crippen LogP contribution in [0.15, 0.2) is 47.9 Å². The Morgan fingerprint density at radius 3 is 3.00 bits per heavy atom. The molecule has 3 rings (SSSR count). The molecular weight excluding hydrogens is 248 g/mol. The molecule has 8 heteroatoms. The van der Waals surface area contributed by atoms with E-state index in [4.69, 9.17) is 4.42 Å². The minimum absolute atomic E-state index is 0.209. The topological polar surface area (TPSA) is 98.7 Å². The molecule has 8 nitrogen and oxygen atoms in total. The van der Waals surface area contributed by atoms with Gasteiger partial charge in [-0.25, -0.2) is 19.6 Å². The minimum Gasteiger partial charge on any atom is -0.459 e. The van der Waals surface area contributed by atoms with Gasteiger partial charge in [0.1, 0.15) is 24.8 Å². The normalized spacial score (nSPS) is 10.3. The van der Waals surface area contributed by atoms with E-state index in [9.17, 15) is 4.79 Å². The summed E-state index contributed by atoms with van der Waals surface area (Å²) in [5.41, 5.74) is 0. The van der Waals surface area contributed by atoms with E-state index in [1.807, 2.05) is 0 Å². The largest absolute Gasteiger partial charge is 0.459 e. The van der Waals surface area contributed by atoms with Gasteiger partial charge in [-0.05, 0) is 12.1 Å². The van der Waals surface area contributed by atoms with Gasteiger partial charge in [-0.3, -0.25) is 4.79 Å². The number of anilines is 1. The van der Waals surface area contributed by atoms with Gasteiger partial charge in [-0.2, -0.15) is 5.10 Å². The third-order valence-electron chi connectivity index (χ3n) is 2.29. The Balaban J connectivity index is 1.82. The van der Waals surface area contributed by atoms with E-state index in [2.05, 4.69) is 25.4 Å². The summed E-state index contributed by atoms with van der Waals surface area (Å²) in [6.07, 6.45) is 5.65. The van der Waals surface area contributed by atoms with Crippen LogP contribution in [0.1, 0.15) is 10.6 Å². The Morgan fingerprint density at radius 2 is 2.26 bits per heavy atom. The number of amides is 1. The van der Waals surface area contributed by atoms with E-state index in [0.717, 1.165) is 0 Å². The van der Waals surface area contributed by atoms with E-state index in [1.54, 1.807) is 18.2 Å². The molecule has 3 heterocycles. The molecule has 3 aromatic heterocycles. The molecule has 0 spiro atoms. The number of carbonyl (C=O) groups excluding carboxylic acids is 1. The molecule has 0 aliphatic carbocycles. The summed E-state index contributed by atoms with van der Waals surface area (Å²) < 4.78 is 6.45. The minimum atomic E-state index is -0.381. The van der Waals surface area contributed by atoms with Crippen LogP contribution in [0.3, 0.4) is 0 Å². The summed E-state index contributed by atoms with van der Waals surface area (Å²) in [7, 11) is 0. The number of hydrogen-bond donors (Lipinski definition) is 1. The molecule has 0 aliphatic heterocycles. The lowest BCUT2D eigenvalue weighted by molar-refractivity contribution is 0.0996. The summed E-state index contributed by atoms with van der Waals surface area (Å²) in [5.74, 6) is 0.679. The Bertz CT molecular complexity index is 677. The van der Waals surface area contributed by atoms with Crippen molar-refractivity contribution in [1.82, 2.24) is 24.7 Å². The van der Waals surface area contributed by atoms with Crippen molar-refractivity contribution in [2.24, 2.45) is 0 Å². The number of nitrogens with one attached hydrogen (secondary N) is 1. The Labute approximate surface area is 107 Å². The highest BCUT2D eigenvalue weighted by molar-refractivity contribution is 6.01. The smallest absolute Gasteiger partial charge is 0.292 e. The van der Waals surface area contributed by atoms with E-state index in [-0.39, 0.29) is 11.7 Å². The van der Waals surface area contributed by atoms with Crippen LogP contribution in [0, 0.1) is 0 Å². The molecular formula is C11H8N6O2. The van der Waals surface area contributed by atoms with Gasteiger partial charge in [0.05, 0.1) is 6.26 Å². The molecule has 1 amide bonds. The quantitative estimate of drug-likeness (QED) is 0.747. The second-order valence-corrected chi connectivity index (χ2v) is 3.53. The maximum atomic E-state index is 11.8. The summed E-state index contributed by atoms with van der Waals surface area (Å²) in [4.78, 5) is 23.6. The summed E-state index contributed by atoms with van der Waals surface area (Å²) in [6, 6.07) is 4.78. The monoisotopic (exact) mass is 256 g/mol. The van der Waals surface area contributed by atoms with E-state index >= 15 is 0 Å². The summed E-state index contributed by atoms with van der Waals surface area (Å²) in [5, 5.41) is 6.54. The summed E-state index contributed by atoms with van der Waals surface area (Å²) in [6.45, 7) is 0. The number of nitrogens with zero attached hydrogens (tertiary/aromatic N) is 5. The van der Waals surface area contributed by atoms with E-state index in [1.165, 1.54) is 29.9 Å². The van der Waals surface area contributed by atoms with Crippen molar-refractivity contribution in [3.63, 3.8) is 0 Å². The molecule has 0 radical (unpaired) electrons. The molecule has 94 valence electrons. The molecule has 0 unspecified atom stereocenters. The van der Waals surface area contributed by atoms with Crippen molar-refractivity contribution in [2.45, 2.75) is 0 Å². The number of aromatic nitrogens is 5. The highest BCUT2D eigenvalue weighted by Gasteiger charge is 2.10. The third kappa shape index (κ3) is 2.32. The number of furan rings is 1. The molecule has 1 N–H and O–H groups in total. The number of rotatable bonds is 3. The van der Waals surface area contributed by atoms with Crippen LogP contribution in [0.25, 0.3) is 5.82 Å². The lowest BCUT2D eigenvalue weighted by Gasteiger charge is -2.03. The Kier molecular flexibility index (Phi) is 2.73. The first-order valence-corrected chi connectivity index (χ1v) is 5.35. The Morgan fingerprint density at radius 1 is 1.32 bits per heavy atom. The summed E-state index contributed by atoms with van der Waals surface area (Å²) >= 11 is 0. The highest BCUT2D eigenvalue weighted by atomic mass is 16.3. The van der Waals surface area contributed by atoms with Gasteiger partial charge in [0.2, 0.25) is 0 Å². The average Bonchev–Trinajstić information content (AvgIpc) is 3.13. The first-order valence-electron chi connectivity index (χ1n) is 5.35. The highest BCUT2D eigenvalue weighted by Crippen LogP contribution is 2.09. The van der Waals surface area contributed by atoms with Crippen molar-refractivity contribution in [3.8, 4) is 5.82 Å². The zero-order valence-corrected chi connectivity index (χ0v) is 9.59. The van der Waals surface area contributed by atoms with Gasteiger partial charge in [-0.1, -0.05) is 0 Å². The SMILES string of the molecule is O=C(Nc1cc(-n2cncn2)ncn1)c1ccco1. The maximum Gasteiger partial charge on any atom is 0.292 e. The second kappa shape index (κ2) is 4.69. The Hall–Kier alpha value is -3.03. The van der Waals surface area contributed by atoms with Crippen LogP contribution in [-0.4, -0.2) is 30.6 Å². The molecule has 0 saturated carbocycles. The molecule has 0 bridgehead atoms. The van der Waals surface area contributed by atoms with Crippen LogP contribution in [-0.2, 0) is 0 Å². The third-order valence-corrected chi connectivity index (χ3v) is 2.29. The van der Waals surface area contributed by atoms with Crippen molar-refractivity contribution >= 4 is 11.7 Å². The van der Waals surface area contributed by atoms with Gasteiger partial charge in [-0.15, -0.1) is 0 Å². The van der Waals surface area contributed by atoms with E-state index in [0.29, 0.717) is 11.6 Å². The van der Waals surface area contributed by atoms with Gasteiger partial charge < -0.3 is 9.73 Å². The van der Waals surface area contributed by atoms with Crippen molar-refractivity contribution < 1.29 is 9.21 Å². The zero-order valence-electron chi connectivity index (χ0n) is 9.59. The van der Waals surface area contributed by atoms with E-state index < -0.39 is 0 Å². The first-order chi connectivity index (χ1) is 9.33. The van der Waals surface area contributed by atoms with Crippen LogP contribution in [0.5, 0.6) is 0 Å². The molecule has 0 aromatic carbocycles. The fourth-order valence-electron chi connectivity index (χ4n) is 1.45. The van der Waals surface area contributed by atoms with Crippen molar-refractivity contribution in [3.05, 3.63) is 49.2 Å². The van der Waals surface area contributed by atoms with Crippen LogP contribution < -0.4 is 5.32 Å². The van der Waals surface area contributed by atoms with Crippen molar-refractivity contribution in [1.29, 1.82) is 0 Å². The standard InChI is InChI=1S/C11H8N6O2/c18-11(8-2-1-3-19-8)16-9-4-10(14-6-13-9)17-7-12-5-15-17/h1-7H,(H,13,14,16,18). The molecule has 0 aliphatic rings. The molecule has 0 fully saturated rings. The predicted octanol–water partition coefficient (Wildman–Crippen LogP) is 0.903. The lowest BCUT2D eigenvalue weighted by Crippen LogP contribution is -2.12. The van der Waals surface area contributed by atoms with Crippen LogP contribution in [0.2, 0.25) is 0 Å². The fraction of sp³-hybridized carbons (Fsp3) is 0. The molecule has 3 aromatic rings. The van der Waals surface area contributed by atoms with Gasteiger partial charge >= 0.3 is 0 Å². The predicted molar refractivity (Wildman–Crippen MR) is 63.6 cm³/mol. The number of carbonyl (C=O) groups is 1. The maximum absolute atomic E-state index is 11.8. The zero-order chi connectivity index (χ0) is 13.1. The lowest BCUT2D eigenvalue weighted by atomic mass is 10.4. The second-order valence-electron chi connectivity index (χ2n) is 3.53. The molecule has 0 atom stereocenters. The first kappa shape index (κ1) is 11.1. The molecule has 0 saturated heterocycles. The number of hydrogen-bond acceptors (Lipinski definition) is 6.